The molecule has 0 bridgehead atoms. The van der Waals surface area contributed by atoms with Crippen molar-refractivity contribution >= 4 is 0 Å². The Hall–Kier alpha value is -2.00. The summed E-state index contributed by atoms with van der Waals surface area (Å²) >= 11 is 0. The second kappa shape index (κ2) is 15.6. The van der Waals surface area contributed by atoms with Gasteiger partial charge in [0.05, 0.1) is 19.8 Å². The summed E-state index contributed by atoms with van der Waals surface area (Å²) in [6, 6.07) is 0. The van der Waals surface area contributed by atoms with Gasteiger partial charge in [-0.15, -0.1) is 0 Å². The highest BCUT2D eigenvalue weighted by Crippen LogP contribution is 2.29. The fourth-order valence-corrected chi connectivity index (χ4v) is 3.77. The zero-order valence-corrected chi connectivity index (χ0v) is 21.6. The number of ether oxygens (including phenoxy) is 4. The van der Waals surface area contributed by atoms with Gasteiger partial charge >= 0.3 is 0 Å². The van der Waals surface area contributed by atoms with Crippen LogP contribution in [0.15, 0.2) is 72.4 Å². The van der Waals surface area contributed by atoms with Crippen molar-refractivity contribution < 1.29 is 54.7 Å². The average Bonchev–Trinajstić information content (AvgIpc) is 2.90. The first-order valence-electron chi connectivity index (χ1n) is 12.2. The maximum Gasteiger partial charge on any atom is 0.187 e. The van der Waals surface area contributed by atoms with Gasteiger partial charge in [-0.25, -0.2) is 0 Å². The molecule has 0 aromatic heterocycles. The molecule has 214 valence electrons. The molecule has 2 heterocycles. The van der Waals surface area contributed by atoms with Crippen molar-refractivity contribution in [2.75, 3.05) is 19.8 Å². The minimum absolute atomic E-state index is 0.0526. The van der Waals surface area contributed by atoms with Crippen LogP contribution in [-0.4, -0.2) is 117 Å². The number of rotatable bonds is 12. The van der Waals surface area contributed by atoms with Gasteiger partial charge in [0.1, 0.15) is 48.8 Å². The van der Waals surface area contributed by atoms with Crippen molar-refractivity contribution in [3.8, 4) is 0 Å². The lowest BCUT2D eigenvalue weighted by molar-refractivity contribution is -0.358. The number of hydrogen-bond acceptors (Lipinski definition) is 11. The minimum atomic E-state index is -1.73. The summed E-state index contributed by atoms with van der Waals surface area (Å²) in [7, 11) is 0. The second-order valence-electron chi connectivity index (χ2n) is 9.24. The van der Waals surface area contributed by atoms with E-state index in [1.807, 2.05) is 43.4 Å². The predicted octanol–water partition coefficient (Wildman–Crippen LogP) is -0.626. The van der Waals surface area contributed by atoms with Crippen molar-refractivity contribution in [3.05, 3.63) is 72.4 Å². The van der Waals surface area contributed by atoms with Gasteiger partial charge in [0.25, 0.3) is 0 Å². The zero-order valence-electron chi connectivity index (χ0n) is 21.6. The summed E-state index contributed by atoms with van der Waals surface area (Å²) < 4.78 is 22.0. The molecule has 2 unspecified atom stereocenters. The van der Waals surface area contributed by atoms with E-state index in [1.54, 1.807) is 13.0 Å². The number of hydrogen-bond donors (Lipinski definition) is 7. The fraction of sp³-hybridized carbons (Fsp3) is 0.556. The van der Waals surface area contributed by atoms with Crippen molar-refractivity contribution in [1.29, 1.82) is 0 Å². The smallest absolute Gasteiger partial charge is 0.187 e. The van der Waals surface area contributed by atoms with E-state index in [0.29, 0.717) is 0 Å². The summed E-state index contributed by atoms with van der Waals surface area (Å²) in [5.41, 5.74) is 2.59. The Kier molecular flexibility index (Phi) is 13.2. The summed E-state index contributed by atoms with van der Waals surface area (Å²) in [4.78, 5) is 0. The van der Waals surface area contributed by atoms with E-state index in [2.05, 4.69) is 13.2 Å². The van der Waals surface area contributed by atoms with E-state index in [0.717, 1.165) is 16.7 Å². The quantitative estimate of drug-likeness (QED) is 0.157. The highest BCUT2D eigenvalue weighted by molar-refractivity contribution is 5.31. The second-order valence-corrected chi connectivity index (χ2v) is 9.24. The van der Waals surface area contributed by atoms with Crippen molar-refractivity contribution in [2.24, 2.45) is 0 Å². The lowest BCUT2D eigenvalue weighted by Gasteiger charge is -2.45. The van der Waals surface area contributed by atoms with Gasteiger partial charge in [0, 0.05) is 0 Å². The van der Waals surface area contributed by atoms with Crippen LogP contribution in [0.2, 0.25) is 0 Å². The maximum atomic E-state index is 10.7. The van der Waals surface area contributed by atoms with Gasteiger partial charge < -0.3 is 54.7 Å². The predicted molar refractivity (Wildman–Crippen MR) is 137 cm³/mol. The maximum absolute atomic E-state index is 10.7. The first kappa shape index (κ1) is 32.2. The molecule has 11 nitrogen and oxygen atoms in total. The third-order valence-electron chi connectivity index (χ3n) is 6.11. The largest absolute Gasteiger partial charge is 0.394 e. The molecule has 10 atom stereocenters. The minimum Gasteiger partial charge on any atom is -0.394 e. The third-order valence-corrected chi connectivity index (χ3v) is 6.11. The Bertz CT molecular complexity index is 891. The SMILES string of the molecule is C=CC(=C)/C=C/C=C(C)/C=C/C=C(\C)COC1O[C@H](CO)[C@@H](OC2O[C@H](CO)[C@@H](O)[C@H](O)[C@H]2O)[C@H](O)[C@H]1O. The molecular formula is C27H40O11. The molecule has 2 rings (SSSR count). The van der Waals surface area contributed by atoms with Gasteiger partial charge in [-0.05, 0) is 25.0 Å². The molecule has 0 aromatic carbocycles. The van der Waals surface area contributed by atoms with E-state index in [1.165, 1.54) is 0 Å². The normalized spacial score (nSPS) is 37.2. The third kappa shape index (κ3) is 8.76. The van der Waals surface area contributed by atoms with E-state index in [4.69, 9.17) is 18.9 Å². The first-order chi connectivity index (χ1) is 18.0. The van der Waals surface area contributed by atoms with Crippen LogP contribution in [-0.2, 0) is 18.9 Å². The van der Waals surface area contributed by atoms with Gasteiger partial charge in [0.15, 0.2) is 12.6 Å². The molecule has 2 fully saturated rings. The molecule has 0 aromatic rings. The molecule has 2 aliphatic heterocycles. The molecule has 0 saturated carbocycles. The van der Waals surface area contributed by atoms with Crippen LogP contribution in [0.1, 0.15) is 13.8 Å². The lowest BCUT2D eigenvalue weighted by Crippen LogP contribution is -2.64. The Labute approximate surface area is 222 Å². The molecule has 2 saturated heterocycles. The van der Waals surface area contributed by atoms with Gasteiger partial charge in [0.2, 0.25) is 0 Å². The molecule has 0 spiro atoms. The van der Waals surface area contributed by atoms with Crippen LogP contribution in [0.4, 0.5) is 0 Å². The van der Waals surface area contributed by atoms with E-state index < -0.39 is 74.6 Å². The van der Waals surface area contributed by atoms with Crippen LogP contribution in [0.25, 0.3) is 0 Å². The van der Waals surface area contributed by atoms with Crippen molar-refractivity contribution in [3.63, 3.8) is 0 Å². The highest BCUT2D eigenvalue weighted by atomic mass is 16.7. The van der Waals surface area contributed by atoms with Gasteiger partial charge in [-0.2, -0.15) is 0 Å². The molecule has 0 radical (unpaired) electrons. The Balaban J connectivity index is 1.96. The standard InChI is InChI=1S/C27H40O11/c1-5-15(2)8-6-9-16(3)10-7-11-17(4)14-35-26-24(34)22(32)25(19(13-29)37-26)38-27-23(33)21(31)20(30)18(12-28)36-27/h5-11,18-34H,1-2,12-14H2,3-4H3/b8-6+,10-7+,16-9+,17-11+/t18-,19-,20-,21+,22-,23-,24-,25-,26?,27?/m1/s1. The van der Waals surface area contributed by atoms with Crippen LogP contribution >= 0.6 is 0 Å². The first-order valence-corrected chi connectivity index (χ1v) is 12.2. The molecule has 7 N–H and O–H groups in total. The van der Waals surface area contributed by atoms with Gasteiger partial charge in [-0.1, -0.05) is 61.3 Å². The monoisotopic (exact) mass is 540 g/mol. The molecule has 0 aliphatic carbocycles. The molecule has 0 amide bonds. The van der Waals surface area contributed by atoms with Crippen LogP contribution in [0.5, 0.6) is 0 Å². The number of allylic oxidation sites excluding steroid dienone is 9. The summed E-state index contributed by atoms with van der Waals surface area (Å²) in [6.07, 6.45) is -2.12. The summed E-state index contributed by atoms with van der Waals surface area (Å²) in [6.45, 7) is 9.92. The van der Waals surface area contributed by atoms with Crippen LogP contribution in [0, 0.1) is 0 Å². The number of aliphatic hydroxyl groups is 7. The number of aliphatic hydroxyl groups excluding tert-OH is 7. The fourth-order valence-electron chi connectivity index (χ4n) is 3.77. The summed E-state index contributed by atoms with van der Waals surface area (Å²) in [5, 5.41) is 70.4. The Morgan fingerprint density at radius 2 is 1.39 bits per heavy atom. The van der Waals surface area contributed by atoms with E-state index in [9.17, 15) is 35.7 Å². The van der Waals surface area contributed by atoms with Gasteiger partial charge in [-0.3, -0.25) is 0 Å². The van der Waals surface area contributed by atoms with Crippen LogP contribution in [0.3, 0.4) is 0 Å². The molecule has 11 heteroatoms. The van der Waals surface area contributed by atoms with Crippen molar-refractivity contribution in [2.45, 2.75) is 75.3 Å². The van der Waals surface area contributed by atoms with Crippen LogP contribution < -0.4 is 0 Å². The van der Waals surface area contributed by atoms with Crippen molar-refractivity contribution in [1.82, 2.24) is 0 Å². The molecule has 38 heavy (non-hydrogen) atoms. The molecular weight excluding hydrogens is 500 g/mol. The van der Waals surface area contributed by atoms with E-state index >= 15 is 0 Å². The topological polar surface area (TPSA) is 179 Å². The molecule has 2 aliphatic rings. The Morgan fingerprint density at radius 3 is 2.03 bits per heavy atom. The highest BCUT2D eigenvalue weighted by Gasteiger charge is 2.50. The van der Waals surface area contributed by atoms with E-state index in [-0.39, 0.29) is 6.61 Å². The summed E-state index contributed by atoms with van der Waals surface area (Å²) in [5.74, 6) is 0. The zero-order chi connectivity index (χ0) is 28.4. The lowest BCUT2D eigenvalue weighted by atomic mass is 9.97. The average molecular weight is 541 g/mol. The Morgan fingerprint density at radius 1 is 0.789 bits per heavy atom.